The maximum Gasteiger partial charge on any atom is 0.161 e. The van der Waals surface area contributed by atoms with Gasteiger partial charge in [0, 0.05) is 6.04 Å². The van der Waals surface area contributed by atoms with Crippen molar-refractivity contribution in [2.75, 3.05) is 33.9 Å². The fourth-order valence-corrected chi connectivity index (χ4v) is 3.19. The van der Waals surface area contributed by atoms with Crippen LogP contribution in [0, 0.1) is 5.92 Å². The van der Waals surface area contributed by atoms with E-state index >= 15 is 0 Å². The van der Waals surface area contributed by atoms with Crippen LogP contribution in [0.15, 0.2) is 18.2 Å². The lowest BCUT2D eigenvalue weighted by Crippen LogP contribution is -2.36. The summed E-state index contributed by atoms with van der Waals surface area (Å²) >= 11 is 0. The summed E-state index contributed by atoms with van der Waals surface area (Å²) < 4.78 is 10.7. The number of likely N-dealkylation sites (tertiary alicyclic amines) is 1. The quantitative estimate of drug-likeness (QED) is 0.876. The molecule has 0 bridgehead atoms. The second kappa shape index (κ2) is 7.66. The first-order chi connectivity index (χ1) is 10.2. The molecular weight excluding hydrogens is 264 g/mol. The summed E-state index contributed by atoms with van der Waals surface area (Å²) in [6.07, 6.45) is 3.68. The number of hydrogen-bond donors (Lipinski definition) is 1. The second-order valence-corrected chi connectivity index (χ2v) is 5.85. The first-order valence-corrected chi connectivity index (χ1v) is 7.85. The molecule has 4 nitrogen and oxygen atoms in total. The van der Waals surface area contributed by atoms with Crippen molar-refractivity contribution < 1.29 is 9.47 Å². The SMILES string of the molecule is COc1ccc(C(C)N2CCC(CCN)CC2)cc1OC. The molecule has 4 heteroatoms. The third-order valence-electron chi connectivity index (χ3n) is 4.66. The van der Waals surface area contributed by atoms with E-state index in [-0.39, 0.29) is 0 Å². The van der Waals surface area contributed by atoms with Gasteiger partial charge in [-0.25, -0.2) is 0 Å². The van der Waals surface area contributed by atoms with E-state index in [1.54, 1.807) is 14.2 Å². The molecule has 0 spiro atoms. The molecule has 2 N–H and O–H groups in total. The van der Waals surface area contributed by atoms with E-state index in [1.165, 1.54) is 24.8 Å². The van der Waals surface area contributed by atoms with E-state index in [0.29, 0.717) is 6.04 Å². The summed E-state index contributed by atoms with van der Waals surface area (Å²) in [4.78, 5) is 2.55. The van der Waals surface area contributed by atoms with E-state index in [4.69, 9.17) is 15.2 Å². The monoisotopic (exact) mass is 292 g/mol. The van der Waals surface area contributed by atoms with Gasteiger partial charge < -0.3 is 15.2 Å². The predicted octanol–water partition coefficient (Wildman–Crippen LogP) is 2.83. The Morgan fingerprint density at radius 3 is 2.43 bits per heavy atom. The standard InChI is InChI=1S/C17H28N2O2/c1-13(19-10-7-14(6-9-18)8-11-19)15-4-5-16(20-2)17(12-15)21-3/h4-5,12-14H,6-11,18H2,1-3H3. The van der Waals surface area contributed by atoms with Gasteiger partial charge in [-0.3, -0.25) is 4.90 Å². The number of benzene rings is 1. The van der Waals surface area contributed by atoms with E-state index in [0.717, 1.165) is 37.1 Å². The molecule has 1 heterocycles. The van der Waals surface area contributed by atoms with Gasteiger partial charge in [0.1, 0.15) is 0 Å². The molecule has 0 saturated carbocycles. The Labute approximate surface area is 128 Å². The van der Waals surface area contributed by atoms with Gasteiger partial charge in [-0.15, -0.1) is 0 Å². The molecule has 0 aliphatic carbocycles. The van der Waals surface area contributed by atoms with Gasteiger partial charge >= 0.3 is 0 Å². The summed E-state index contributed by atoms with van der Waals surface area (Å²) in [7, 11) is 3.35. The van der Waals surface area contributed by atoms with Gasteiger partial charge in [0.05, 0.1) is 14.2 Å². The highest BCUT2D eigenvalue weighted by atomic mass is 16.5. The Balaban J connectivity index is 2.02. The van der Waals surface area contributed by atoms with Crippen molar-refractivity contribution in [1.82, 2.24) is 4.90 Å². The average molecular weight is 292 g/mol. The zero-order valence-electron chi connectivity index (χ0n) is 13.5. The van der Waals surface area contributed by atoms with E-state index in [9.17, 15) is 0 Å². The smallest absolute Gasteiger partial charge is 0.161 e. The van der Waals surface area contributed by atoms with Crippen molar-refractivity contribution >= 4 is 0 Å². The molecule has 118 valence electrons. The zero-order chi connectivity index (χ0) is 15.2. The lowest BCUT2D eigenvalue weighted by molar-refractivity contribution is 0.138. The van der Waals surface area contributed by atoms with Crippen molar-refractivity contribution in [3.8, 4) is 11.5 Å². The van der Waals surface area contributed by atoms with Crippen molar-refractivity contribution in [2.45, 2.75) is 32.2 Å². The minimum atomic E-state index is 0.406. The molecule has 1 saturated heterocycles. The van der Waals surface area contributed by atoms with Crippen LogP contribution < -0.4 is 15.2 Å². The number of methoxy groups -OCH3 is 2. The predicted molar refractivity (Wildman–Crippen MR) is 85.9 cm³/mol. The van der Waals surface area contributed by atoms with Crippen LogP contribution >= 0.6 is 0 Å². The summed E-state index contributed by atoms with van der Waals surface area (Å²) in [5.74, 6) is 2.40. The molecule has 2 rings (SSSR count). The Morgan fingerprint density at radius 1 is 1.19 bits per heavy atom. The molecule has 0 aromatic heterocycles. The first kappa shape index (κ1) is 16.1. The topological polar surface area (TPSA) is 47.7 Å². The second-order valence-electron chi connectivity index (χ2n) is 5.85. The van der Waals surface area contributed by atoms with Gasteiger partial charge in [0.2, 0.25) is 0 Å². The van der Waals surface area contributed by atoms with Gasteiger partial charge in [-0.05, 0) is 69.4 Å². The third kappa shape index (κ3) is 3.89. The van der Waals surface area contributed by atoms with Crippen LogP contribution in [0.25, 0.3) is 0 Å². The van der Waals surface area contributed by atoms with Crippen molar-refractivity contribution in [2.24, 2.45) is 11.7 Å². The minimum Gasteiger partial charge on any atom is -0.493 e. The van der Waals surface area contributed by atoms with Gasteiger partial charge in [0.25, 0.3) is 0 Å². The van der Waals surface area contributed by atoms with Crippen LogP contribution in [-0.4, -0.2) is 38.8 Å². The molecule has 1 aliphatic heterocycles. The van der Waals surface area contributed by atoms with Gasteiger partial charge in [0.15, 0.2) is 11.5 Å². The fourth-order valence-electron chi connectivity index (χ4n) is 3.19. The van der Waals surface area contributed by atoms with Crippen LogP contribution in [-0.2, 0) is 0 Å². The molecule has 1 aromatic carbocycles. The maximum absolute atomic E-state index is 5.66. The maximum atomic E-state index is 5.66. The molecule has 1 fully saturated rings. The number of rotatable bonds is 6. The Bertz CT molecular complexity index is 442. The number of ether oxygens (including phenoxy) is 2. The number of hydrogen-bond acceptors (Lipinski definition) is 4. The molecule has 0 amide bonds. The normalized spacial score (nSPS) is 18.5. The van der Waals surface area contributed by atoms with Gasteiger partial charge in [-0.1, -0.05) is 6.07 Å². The van der Waals surface area contributed by atoms with Crippen LogP contribution in [0.5, 0.6) is 11.5 Å². The molecule has 1 aromatic rings. The molecule has 1 aliphatic rings. The molecule has 0 radical (unpaired) electrons. The van der Waals surface area contributed by atoms with Crippen molar-refractivity contribution in [1.29, 1.82) is 0 Å². The van der Waals surface area contributed by atoms with E-state index in [2.05, 4.69) is 24.0 Å². The Kier molecular flexibility index (Phi) is 5.88. The average Bonchev–Trinajstić information content (AvgIpc) is 2.54. The number of piperidine rings is 1. The highest BCUT2D eigenvalue weighted by Gasteiger charge is 2.23. The Morgan fingerprint density at radius 2 is 1.86 bits per heavy atom. The molecular formula is C17H28N2O2. The molecule has 1 atom stereocenters. The van der Waals surface area contributed by atoms with Crippen LogP contribution in [0.3, 0.4) is 0 Å². The summed E-state index contributed by atoms with van der Waals surface area (Å²) in [5.41, 5.74) is 6.95. The molecule has 21 heavy (non-hydrogen) atoms. The van der Waals surface area contributed by atoms with Crippen LogP contribution in [0.4, 0.5) is 0 Å². The van der Waals surface area contributed by atoms with E-state index < -0.39 is 0 Å². The van der Waals surface area contributed by atoms with Crippen molar-refractivity contribution in [3.63, 3.8) is 0 Å². The highest BCUT2D eigenvalue weighted by molar-refractivity contribution is 5.43. The third-order valence-corrected chi connectivity index (χ3v) is 4.66. The molecule has 1 unspecified atom stereocenters. The first-order valence-electron chi connectivity index (χ1n) is 7.85. The van der Waals surface area contributed by atoms with Crippen LogP contribution in [0.1, 0.15) is 37.8 Å². The zero-order valence-corrected chi connectivity index (χ0v) is 13.5. The summed E-state index contributed by atoms with van der Waals surface area (Å²) in [6.45, 7) is 5.39. The lowest BCUT2D eigenvalue weighted by Gasteiger charge is -2.36. The van der Waals surface area contributed by atoms with Crippen LogP contribution in [0.2, 0.25) is 0 Å². The summed E-state index contributed by atoms with van der Waals surface area (Å²) in [6, 6.07) is 6.63. The minimum absolute atomic E-state index is 0.406. The van der Waals surface area contributed by atoms with E-state index in [1.807, 2.05) is 6.07 Å². The summed E-state index contributed by atoms with van der Waals surface area (Å²) in [5, 5.41) is 0. The van der Waals surface area contributed by atoms with Gasteiger partial charge in [-0.2, -0.15) is 0 Å². The number of nitrogens with two attached hydrogens (primary N) is 1. The highest BCUT2D eigenvalue weighted by Crippen LogP contribution is 2.33. The fraction of sp³-hybridized carbons (Fsp3) is 0.647. The largest absolute Gasteiger partial charge is 0.493 e. The lowest BCUT2D eigenvalue weighted by atomic mass is 9.92. The van der Waals surface area contributed by atoms with Crippen molar-refractivity contribution in [3.05, 3.63) is 23.8 Å². The Hall–Kier alpha value is -1.26. The number of nitrogens with zero attached hydrogens (tertiary/aromatic N) is 1.